The van der Waals surface area contributed by atoms with E-state index in [1.165, 1.54) is 17.3 Å². The van der Waals surface area contributed by atoms with Gasteiger partial charge in [-0.2, -0.15) is 0 Å². The van der Waals surface area contributed by atoms with Crippen LogP contribution in [-0.2, 0) is 11.8 Å². The summed E-state index contributed by atoms with van der Waals surface area (Å²) >= 11 is 1.40. The first-order valence-corrected chi connectivity index (χ1v) is 8.31. The first-order chi connectivity index (χ1) is 10.5. The van der Waals surface area contributed by atoms with Crippen LogP contribution in [0.5, 0.6) is 0 Å². The quantitative estimate of drug-likeness (QED) is 0.829. The van der Waals surface area contributed by atoms with Gasteiger partial charge in [0.05, 0.1) is 5.25 Å². The molecule has 1 aromatic heterocycles. The number of rotatable bonds is 6. The number of carbonyl (C=O) groups is 1. The van der Waals surface area contributed by atoms with Crippen LogP contribution >= 0.6 is 11.8 Å². The van der Waals surface area contributed by atoms with E-state index >= 15 is 0 Å². The average Bonchev–Trinajstić information content (AvgIpc) is 2.92. The van der Waals surface area contributed by atoms with Crippen LogP contribution < -0.4 is 5.32 Å². The molecule has 0 bridgehead atoms. The van der Waals surface area contributed by atoms with E-state index in [0.717, 1.165) is 17.3 Å². The molecule has 0 unspecified atom stereocenters. The third kappa shape index (κ3) is 3.88. The third-order valence-corrected chi connectivity index (χ3v) is 4.83. The molecule has 1 N–H and O–H groups in total. The zero-order chi connectivity index (χ0) is 16.1. The summed E-state index contributed by atoms with van der Waals surface area (Å²) in [5.74, 6) is 0.391. The second kappa shape index (κ2) is 7.45. The Morgan fingerprint density at radius 2 is 2.09 bits per heavy atom. The maximum Gasteiger partial charge on any atom is 0.237 e. The van der Waals surface area contributed by atoms with Gasteiger partial charge in [-0.25, -0.2) is 0 Å². The fourth-order valence-corrected chi connectivity index (χ4v) is 2.88. The van der Waals surface area contributed by atoms with Gasteiger partial charge in [0.1, 0.15) is 6.33 Å². The lowest BCUT2D eigenvalue weighted by Gasteiger charge is -2.17. The summed E-state index contributed by atoms with van der Waals surface area (Å²) in [6, 6.07) is 7.99. The van der Waals surface area contributed by atoms with Crippen molar-refractivity contribution < 1.29 is 4.79 Å². The Morgan fingerprint density at radius 3 is 2.73 bits per heavy atom. The number of nitrogens with one attached hydrogen (secondary N) is 1. The largest absolute Gasteiger partial charge is 0.325 e. The average molecular weight is 318 g/mol. The normalized spacial score (nSPS) is 13.6. The van der Waals surface area contributed by atoms with E-state index in [9.17, 15) is 4.79 Å². The van der Waals surface area contributed by atoms with Crippen LogP contribution in [0.3, 0.4) is 0 Å². The van der Waals surface area contributed by atoms with Gasteiger partial charge in [-0.05, 0) is 30.9 Å². The first-order valence-electron chi connectivity index (χ1n) is 7.43. The molecular weight excluding hydrogens is 296 g/mol. The highest BCUT2D eigenvalue weighted by Gasteiger charge is 2.19. The zero-order valence-electron chi connectivity index (χ0n) is 13.4. The summed E-state index contributed by atoms with van der Waals surface area (Å²) in [5, 5.41) is 11.4. The molecule has 0 aliphatic rings. The monoisotopic (exact) mass is 318 g/mol. The van der Waals surface area contributed by atoms with Crippen LogP contribution in [-0.4, -0.2) is 25.9 Å². The minimum Gasteiger partial charge on any atom is -0.325 e. The van der Waals surface area contributed by atoms with Crippen LogP contribution in [0.4, 0.5) is 5.69 Å². The molecule has 0 saturated carbocycles. The maximum absolute atomic E-state index is 12.4. The number of para-hydroxylation sites is 1. The predicted octanol–water partition coefficient (Wildman–Crippen LogP) is 3.45. The van der Waals surface area contributed by atoms with Crippen molar-refractivity contribution in [3.05, 3.63) is 36.2 Å². The van der Waals surface area contributed by atoms with Crippen molar-refractivity contribution in [1.82, 2.24) is 14.8 Å². The van der Waals surface area contributed by atoms with Crippen LogP contribution in [0.1, 0.15) is 38.7 Å². The summed E-state index contributed by atoms with van der Waals surface area (Å²) in [6.45, 7) is 6.19. The SMILES string of the molecule is CC[C@@H](C)c1ccccc1NC(=O)[C@@H](C)Sc1nncn1C. The van der Waals surface area contributed by atoms with Gasteiger partial charge in [0.25, 0.3) is 0 Å². The molecule has 0 aliphatic heterocycles. The van der Waals surface area contributed by atoms with E-state index in [-0.39, 0.29) is 11.2 Å². The number of aryl methyl sites for hydroxylation is 1. The van der Waals surface area contributed by atoms with E-state index in [4.69, 9.17) is 0 Å². The smallest absolute Gasteiger partial charge is 0.237 e. The summed E-state index contributed by atoms with van der Waals surface area (Å²) in [4.78, 5) is 12.4. The molecule has 0 aliphatic carbocycles. The molecule has 2 atom stereocenters. The molecule has 6 heteroatoms. The number of amides is 1. The summed E-state index contributed by atoms with van der Waals surface area (Å²) in [6.07, 6.45) is 2.67. The van der Waals surface area contributed by atoms with Crippen molar-refractivity contribution >= 4 is 23.4 Å². The maximum atomic E-state index is 12.4. The molecule has 2 rings (SSSR count). The summed E-state index contributed by atoms with van der Waals surface area (Å²) in [5.41, 5.74) is 2.07. The zero-order valence-corrected chi connectivity index (χ0v) is 14.2. The molecule has 118 valence electrons. The number of nitrogens with zero attached hydrogens (tertiary/aromatic N) is 3. The van der Waals surface area contributed by atoms with Crippen molar-refractivity contribution in [2.75, 3.05) is 5.32 Å². The van der Waals surface area contributed by atoms with Crippen molar-refractivity contribution in [2.45, 2.75) is 43.5 Å². The van der Waals surface area contributed by atoms with Gasteiger partial charge >= 0.3 is 0 Å². The number of aromatic nitrogens is 3. The number of hydrogen-bond acceptors (Lipinski definition) is 4. The van der Waals surface area contributed by atoms with E-state index in [0.29, 0.717) is 5.92 Å². The Morgan fingerprint density at radius 1 is 1.36 bits per heavy atom. The Kier molecular flexibility index (Phi) is 5.60. The highest BCUT2D eigenvalue weighted by atomic mass is 32.2. The number of thioether (sulfide) groups is 1. The van der Waals surface area contributed by atoms with Gasteiger partial charge in [-0.3, -0.25) is 4.79 Å². The van der Waals surface area contributed by atoms with Crippen molar-refractivity contribution in [1.29, 1.82) is 0 Å². The van der Waals surface area contributed by atoms with E-state index in [1.807, 2.05) is 36.7 Å². The van der Waals surface area contributed by atoms with E-state index < -0.39 is 0 Å². The number of benzene rings is 1. The van der Waals surface area contributed by atoms with Gasteiger partial charge < -0.3 is 9.88 Å². The molecule has 0 radical (unpaired) electrons. The number of carbonyl (C=O) groups excluding carboxylic acids is 1. The third-order valence-electron chi connectivity index (χ3n) is 3.68. The minimum absolute atomic E-state index is 0.0243. The standard InChI is InChI=1S/C16H22N4OS/c1-5-11(2)13-8-6-7-9-14(13)18-15(21)12(3)22-16-19-17-10-20(16)4/h6-12H,5H2,1-4H3,(H,18,21)/t11-,12-/m1/s1. The van der Waals surface area contributed by atoms with Gasteiger partial charge in [0.15, 0.2) is 5.16 Å². The fraction of sp³-hybridized carbons (Fsp3) is 0.438. The number of hydrogen-bond donors (Lipinski definition) is 1. The fourth-order valence-electron chi connectivity index (χ4n) is 2.09. The predicted molar refractivity (Wildman–Crippen MR) is 90.1 cm³/mol. The van der Waals surface area contributed by atoms with E-state index in [1.54, 1.807) is 6.33 Å². The first kappa shape index (κ1) is 16.5. The summed E-state index contributed by atoms with van der Waals surface area (Å²) in [7, 11) is 1.87. The van der Waals surface area contributed by atoms with Crippen LogP contribution in [0.25, 0.3) is 0 Å². The van der Waals surface area contributed by atoms with Gasteiger partial charge in [-0.1, -0.05) is 43.8 Å². The Balaban J connectivity index is 2.07. The Bertz CT molecular complexity index is 641. The molecule has 22 heavy (non-hydrogen) atoms. The molecule has 2 aromatic rings. The van der Waals surface area contributed by atoms with Crippen molar-refractivity contribution in [3.8, 4) is 0 Å². The topological polar surface area (TPSA) is 59.8 Å². The second-order valence-corrected chi connectivity index (χ2v) is 6.68. The summed E-state index contributed by atoms with van der Waals surface area (Å²) < 4.78 is 1.81. The van der Waals surface area contributed by atoms with Crippen LogP contribution in [0.2, 0.25) is 0 Å². The lowest BCUT2D eigenvalue weighted by molar-refractivity contribution is -0.115. The lowest BCUT2D eigenvalue weighted by atomic mass is 9.97. The molecule has 0 fully saturated rings. The molecule has 1 aromatic carbocycles. The molecule has 0 saturated heterocycles. The Hall–Kier alpha value is -1.82. The van der Waals surface area contributed by atoms with Crippen molar-refractivity contribution in [3.63, 3.8) is 0 Å². The van der Waals surface area contributed by atoms with Crippen LogP contribution in [0.15, 0.2) is 35.7 Å². The second-order valence-electron chi connectivity index (χ2n) is 5.37. The minimum atomic E-state index is -0.243. The molecule has 1 amide bonds. The van der Waals surface area contributed by atoms with E-state index in [2.05, 4.69) is 35.4 Å². The highest BCUT2D eigenvalue weighted by Crippen LogP contribution is 2.28. The molecule has 1 heterocycles. The van der Waals surface area contributed by atoms with Crippen molar-refractivity contribution in [2.24, 2.45) is 7.05 Å². The van der Waals surface area contributed by atoms with Gasteiger partial charge in [0, 0.05) is 12.7 Å². The highest BCUT2D eigenvalue weighted by molar-refractivity contribution is 8.00. The molecular formula is C16H22N4OS. The van der Waals surface area contributed by atoms with Crippen LogP contribution in [0, 0.1) is 0 Å². The number of anilines is 1. The van der Waals surface area contributed by atoms with Gasteiger partial charge in [-0.15, -0.1) is 10.2 Å². The Labute approximate surface area is 135 Å². The van der Waals surface area contributed by atoms with Gasteiger partial charge in [0.2, 0.25) is 5.91 Å². The molecule has 5 nitrogen and oxygen atoms in total. The lowest BCUT2D eigenvalue weighted by Crippen LogP contribution is -2.23. The molecule has 0 spiro atoms.